The SMILES string of the molecule is CCNc1cc(C(=O)NCC2(C(C)C)CC2)cc(C)n1. The molecule has 0 bridgehead atoms. The van der Waals surface area contributed by atoms with Gasteiger partial charge in [-0.3, -0.25) is 4.79 Å². The van der Waals surface area contributed by atoms with E-state index in [0.29, 0.717) is 16.9 Å². The molecule has 2 N–H and O–H groups in total. The number of carbonyl (C=O) groups is 1. The van der Waals surface area contributed by atoms with Gasteiger partial charge in [0, 0.05) is 24.3 Å². The molecule has 1 saturated carbocycles. The Kier molecular flexibility index (Phi) is 4.31. The minimum atomic E-state index is 0.00146. The van der Waals surface area contributed by atoms with Crippen molar-refractivity contribution in [1.82, 2.24) is 10.3 Å². The van der Waals surface area contributed by atoms with Gasteiger partial charge in [-0.2, -0.15) is 0 Å². The molecule has 1 aliphatic carbocycles. The monoisotopic (exact) mass is 275 g/mol. The van der Waals surface area contributed by atoms with Gasteiger partial charge in [-0.05, 0) is 50.2 Å². The van der Waals surface area contributed by atoms with Crippen LogP contribution in [0, 0.1) is 18.3 Å². The Bertz CT molecular complexity index is 492. The Hall–Kier alpha value is -1.58. The zero-order chi connectivity index (χ0) is 14.8. The van der Waals surface area contributed by atoms with E-state index in [9.17, 15) is 4.79 Å². The summed E-state index contributed by atoms with van der Waals surface area (Å²) in [4.78, 5) is 16.6. The van der Waals surface area contributed by atoms with Gasteiger partial charge in [-0.15, -0.1) is 0 Å². The third-order valence-corrected chi connectivity index (χ3v) is 4.29. The minimum Gasteiger partial charge on any atom is -0.370 e. The zero-order valence-corrected chi connectivity index (χ0v) is 12.9. The Morgan fingerprint density at radius 1 is 1.40 bits per heavy atom. The highest BCUT2D eigenvalue weighted by molar-refractivity contribution is 5.95. The molecule has 1 fully saturated rings. The van der Waals surface area contributed by atoms with Crippen LogP contribution in [0.2, 0.25) is 0 Å². The van der Waals surface area contributed by atoms with Crippen molar-refractivity contribution < 1.29 is 4.79 Å². The van der Waals surface area contributed by atoms with E-state index in [1.165, 1.54) is 12.8 Å². The van der Waals surface area contributed by atoms with Gasteiger partial charge in [0.2, 0.25) is 0 Å². The maximum absolute atomic E-state index is 12.3. The van der Waals surface area contributed by atoms with Crippen molar-refractivity contribution in [3.05, 3.63) is 23.4 Å². The van der Waals surface area contributed by atoms with Crippen LogP contribution in [-0.2, 0) is 0 Å². The predicted octanol–water partition coefficient (Wildman–Crippen LogP) is 2.99. The maximum atomic E-state index is 12.3. The lowest BCUT2D eigenvalue weighted by Gasteiger charge is -2.20. The van der Waals surface area contributed by atoms with Crippen LogP contribution in [0.4, 0.5) is 5.82 Å². The summed E-state index contributed by atoms with van der Waals surface area (Å²) in [7, 11) is 0. The van der Waals surface area contributed by atoms with E-state index in [1.54, 1.807) is 0 Å². The first-order valence-corrected chi connectivity index (χ1v) is 7.47. The summed E-state index contributed by atoms with van der Waals surface area (Å²) in [5, 5.41) is 6.24. The quantitative estimate of drug-likeness (QED) is 0.839. The highest BCUT2D eigenvalue weighted by Gasteiger charge is 2.45. The van der Waals surface area contributed by atoms with Crippen molar-refractivity contribution in [2.24, 2.45) is 11.3 Å². The van der Waals surface area contributed by atoms with Crippen LogP contribution in [0.3, 0.4) is 0 Å². The number of nitrogens with zero attached hydrogens (tertiary/aromatic N) is 1. The number of amides is 1. The van der Waals surface area contributed by atoms with E-state index in [2.05, 4.69) is 29.5 Å². The average Bonchev–Trinajstić information content (AvgIpc) is 3.17. The molecule has 0 atom stereocenters. The first-order chi connectivity index (χ1) is 9.47. The Labute approximate surface area is 121 Å². The summed E-state index contributed by atoms with van der Waals surface area (Å²) in [6.45, 7) is 9.98. The van der Waals surface area contributed by atoms with Crippen molar-refractivity contribution >= 4 is 11.7 Å². The molecule has 4 heteroatoms. The van der Waals surface area contributed by atoms with Crippen LogP contribution < -0.4 is 10.6 Å². The van der Waals surface area contributed by atoms with E-state index in [0.717, 1.165) is 24.6 Å². The molecule has 0 saturated heterocycles. The van der Waals surface area contributed by atoms with Crippen molar-refractivity contribution in [2.75, 3.05) is 18.4 Å². The van der Waals surface area contributed by atoms with E-state index in [-0.39, 0.29) is 5.91 Å². The average molecular weight is 275 g/mol. The molecule has 0 spiro atoms. The van der Waals surface area contributed by atoms with Crippen molar-refractivity contribution in [3.63, 3.8) is 0 Å². The third kappa shape index (κ3) is 3.30. The lowest BCUT2D eigenvalue weighted by molar-refractivity contribution is 0.0939. The van der Waals surface area contributed by atoms with Gasteiger partial charge in [-0.25, -0.2) is 4.98 Å². The summed E-state index contributed by atoms with van der Waals surface area (Å²) >= 11 is 0. The fraction of sp³-hybridized carbons (Fsp3) is 0.625. The molecule has 0 unspecified atom stereocenters. The Morgan fingerprint density at radius 3 is 2.65 bits per heavy atom. The number of carbonyl (C=O) groups excluding carboxylic acids is 1. The number of pyridine rings is 1. The number of nitrogens with one attached hydrogen (secondary N) is 2. The molecule has 1 heterocycles. The number of hydrogen-bond acceptors (Lipinski definition) is 3. The summed E-state index contributed by atoms with van der Waals surface area (Å²) in [6.07, 6.45) is 2.45. The van der Waals surface area contributed by atoms with Gasteiger partial charge in [0.25, 0.3) is 5.91 Å². The second kappa shape index (κ2) is 5.81. The maximum Gasteiger partial charge on any atom is 0.251 e. The van der Waals surface area contributed by atoms with Gasteiger partial charge in [0.1, 0.15) is 5.82 Å². The number of aryl methyl sites for hydroxylation is 1. The summed E-state index contributed by atoms with van der Waals surface area (Å²) in [5.74, 6) is 1.39. The van der Waals surface area contributed by atoms with E-state index >= 15 is 0 Å². The first-order valence-electron chi connectivity index (χ1n) is 7.47. The van der Waals surface area contributed by atoms with Crippen LogP contribution in [0.1, 0.15) is 49.7 Å². The third-order valence-electron chi connectivity index (χ3n) is 4.29. The smallest absolute Gasteiger partial charge is 0.251 e. The summed E-state index contributed by atoms with van der Waals surface area (Å²) in [6, 6.07) is 3.66. The highest BCUT2D eigenvalue weighted by Crippen LogP contribution is 2.51. The second-order valence-corrected chi connectivity index (χ2v) is 6.11. The van der Waals surface area contributed by atoms with Gasteiger partial charge in [0.05, 0.1) is 0 Å². The Balaban J connectivity index is 2.02. The lowest BCUT2D eigenvalue weighted by Crippen LogP contribution is -2.32. The van der Waals surface area contributed by atoms with E-state index in [1.807, 2.05) is 26.0 Å². The molecule has 2 rings (SSSR count). The van der Waals surface area contributed by atoms with Crippen molar-refractivity contribution in [2.45, 2.75) is 40.5 Å². The normalized spacial score (nSPS) is 16.1. The van der Waals surface area contributed by atoms with Crippen LogP contribution in [-0.4, -0.2) is 24.0 Å². The van der Waals surface area contributed by atoms with E-state index < -0.39 is 0 Å². The minimum absolute atomic E-state index is 0.00146. The molecule has 1 amide bonds. The molecule has 1 aromatic heterocycles. The molecular weight excluding hydrogens is 250 g/mol. The largest absolute Gasteiger partial charge is 0.370 e. The van der Waals surface area contributed by atoms with E-state index in [4.69, 9.17) is 0 Å². The number of rotatable bonds is 6. The van der Waals surface area contributed by atoms with Crippen LogP contribution >= 0.6 is 0 Å². The van der Waals surface area contributed by atoms with Gasteiger partial charge < -0.3 is 10.6 Å². The van der Waals surface area contributed by atoms with Crippen LogP contribution in [0.15, 0.2) is 12.1 Å². The summed E-state index contributed by atoms with van der Waals surface area (Å²) < 4.78 is 0. The molecule has 0 aromatic carbocycles. The number of hydrogen-bond donors (Lipinski definition) is 2. The number of aromatic nitrogens is 1. The van der Waals surface area contributed by atoms with Gasteiger partial charge >= 0.3 is 0 Å². The molecule has 0 radical (unpaired) electrons. The van der Waals surface area contributed by atoms with Crippen molar-refractivity contribution in [3.8, 4) is 0 Å². The Morgan fingerprint density at radius 2 is 2.10 bits per heavy atom. The summed E-state index contributed by atoms with van der Waals surface area (Å²) in [5.41, 5.74) is 1.88. The highest BCUT2D eigenvalue weighted by atomic mass is 16.1. The fourth-order valence-corrected chi connectivity index (χ4v) is 2.55. The van der Waals surface area contributed by atoms with Crippen LogP contribution in [0.25, 0.3) is 0 Å². The first kappa shape index (κ1) is 14.8. The number of anilines is 1. The molecular formula is C16H25N3O. The molecule has 110 valence electrons. The molecule has 1 aromatic rings. The standard InChI is InChI=1S/C16H25N3O/c1-5-17-14-9-13(8-12(4)19-14)15(20)18-10-16(6-7-16)11(2)3/h8-9,11H,5-7,10H2,1-4H3,(H,17,19)(H,18,20). The molecule has 1 aliphatic rings. The lowest BCUT2D eigenvalue weighted by atomic mass is 9.92. The molecule has 4 nitrogen and oxygen atoms in total. The van der Waals surface area contributed by atoms with Gasteiger partial charge in [0.15, 0.2) is 0 Å². The molecule has 20 heavy (non-hydrogen) atoms. The van der Waals surface area contributed by atoms with Gasteiger partial charge in [-0.1, -0.05) is 13.8 Å². The van der Waals surface area contributed by atoms with Crippen molar-refractivity contribution in [1.29, 1.82) is 0 Å². The van der Waals surface area contributed by atoms with Crippen LogP contribution in [0.5, 0.6) is 0 Å². The fourth-order valence-electron chi connectivity index (χ4n) is 2.55. The molecule has 0 aliphatic heterocycles. The second-order valence-electron chi connectivity index (χ2n) is 6.11. The zero-order valence-electron chi connectivity index (χ0n) is 12.9. The topological polar surface area (TPSA) is 54.0 Å². The predicted molar refractivity (Wildman–Crippen MR) is 82.0 cm³/mol.